The van der Waals surface area contributed by atoms with Gasteiger partial charge in [0.05, 0.1) is 7.11 Å². The van der Waals surface area contributed by atoms with Gasteiger partial charge in [-0.1, -0.05) is 54.6 Å². The molecule has 3 nitrogen and oxygen atoms in total. The van der Waals surface area contributed by atoms with E-state index < -0.39 is 0 Å². The Morgan fingerprint density at radius 2 is 1.59 bits per heavy atom. The molecule has 27 heavy (non-hydrogen) atoms. The third-order valence-corrected chi connectivity index (χ3v) is 4.61. The van der Waals surface area contributed by atoms with E-state index in [0.29, 0.717) is 5.57 Å². The number of nitrogens with one attached hydrogen (secondary N) is 1. The van der Waals surface area contributed by atoms with E-state index in [0.717, 1.165) is 33.7 Å². The van der Waals surface area contributed by atoms with Gasteiger partial charge in [0.2, 0.25) is 0 Å². The van der Waals surface area contributed by atoms with Gasteiger partial charge in [-0.2, -0.15) is 0 Å². The minimum Gasteiger partial charge on any atom is -0.497 e. The lowest BCUT2D eigenvalue weighted by Gasteiger charge is -2.13. The number of carbonyl (C=O) groups excluding carboxylic acids is 1. The molecule has 0 saturated carbocycles. The summed E-state index contributed by atoms with van der Waals surface area (Å²) in [5.41, 5.74) is 5.47. The Morgan fingerprint density at radius 3 is 2.26 bits per heavy atom. The topological polar surface area (TPSA) is 38.3 Å². The standard InChI is InChI=1S/C24H23NO2/c1-17-8-7-11-23(18(17)2)25-24(26)22(20-9-5-4-6-10-20)16-19-12-14-21(27-3)15-13-19/h4-16H,1-3H3,(H,25,26). The van der Waals surface area contributed by atoms with Crippen LogP contribution in [0, 0.1) is 13.8 Å². The molecule has 3 aromatic carbocycles. The van der Waals surface area contributed by atoms with Crippen molar-refractivity contribution in [3.8, 4) is 5.75 Å². The van der Waals surface area contributed by atoms with Gasteiger partial charge in [-0.05, 0) is 60.4 Å². The number of hydrogen-bond acceptors (Lipinski definition) is 2. The lowest BCUT2D eigenvalue weighted by atomic mass is 10.0. The van der Waals surface area contributed by atoms with Crippen molar-refractivity contribution >= 4 is 23.2 Å². The molecule has 0 aliphatic carbocycles. The average Bonchev–Trinajstić information content (AvgIpc) is 2.70. The fraction of sp³-hybridized carbons (Fsp3) is 0.125. The second kappa shape index (κ2) is 8.37. The Hall–Kier alpha value is -3.33. The summed E-state index contributed by atoms with van der Waals surface area (Å²) in [6, 6.07) is 23.3. The number of anilines is 1. The predicted octanol–water partition coefficient (Wildman–Crippen LogP) is 5.49. The van der Waals surface area contributed by atoms with Gasteiger partial charge in [0.1, 0.15) is 5.75 Å². The van der Waals surface area contributed by atoms with E-state index in [1.54, 1.807) is 7.11 Å². The summed E-state index contributed by atoms with van der Waals surface area (Å²) in [5.74, 6) is 0.652. The van der Waals surface area contributed by atoms with Gasteiger partial charge >= 0.3 is 0 Å². The third kappa shape index (κ3) is 4.45. The molecule has 3 rings (SSSR count). The molecule has 0 spiro atoms. The molecular formula is C24H23NO2. The third-order valence-electron chi connectivity index (χ3n) is 4.61. The van der Waals surface area contributed by atoms with E-state index in [9.17, 15) is 4.79 Å². The van der Waals surface area contributed by atoms with Crippen LogP contribution in [0.1, 0.15) is 22.3 Å². The second-order valence-electron chi connectivity index (χ2n) is 6.40. The monoisotopic (exact) mass is 357 g/mol. The molecule has 0 bridgehead atoms. The first-order valence-electron chi connectivity index (χ1n) is 8.87. The summed E-state index contributed by atoms with van der Waals surface area (Å²) in [6.45, 7) is 4.05. The summed E-state index contributed by atoms with van der Waals surface area (Å²) >= 11 is 0. The van der Waals surface area contributed by atoms with Gasteiger partial charge < -0.3 is 10.1 Å². The molecule has 0 saturated heterocycles. The summed E-state index contributed by atoms with van der Waals surface area (Å²) in [6.07, 6.45) is 1.90. The molecule has 1 amide bonds. The van der Waals surface area contributed by atoms with Crippen molar-refractivity contribution in [3.63, 3.8) is 0 Å². The van der Waals surface area contributed by atoms with Crippen LogP contribution < -0.4 is 10.1 Å². The van der Waals surface area contributed by atoms with Gasteiger partial charge in [0.25, 0.3) is 5.91 Å². The van der Waals surface area contributed by atoms with E-state index in [-0.39, 0.29) is 5.91 Å². The van der Waals surface area contributed by atoms with Gasteiger partial charge in [-0.15, -0.1) is 0 Å². The van der Waals surface area contributed by atoms with Crippen LogP contribution in [0.4, 0.5) is 5.69 Å². The lowest BCUT2D eigenvalue weighted by molar-refractivity contribution is -0.111. The molecule has 0 unspecified atom stereocenters. The van der Waals surface area contributed by atoms with Crippen molar-refractivity contribution in [1.82, 2.24) is 0 Å². The van der Waals surface area contributed by atoms with Crippen LogP contribution in [0.15, 0.2) is 72.8 Å². The van der Waals surface area contributed by atoms with Crippen molar-refractivity contribution in [2.75, 3.05) is 12.4 Å². The molecular weight excluding hydrogens is 334 g/mol. The van der Waals surface area contributed by atoms with Gasteiger partial charge in [0, 0.05) is 11.3 Å². The number of benzene rings is 3. The Bertz CT molecular complexity index is 957. The Labute approximate surface area is 160 Å². The van der Waals surface area contributed by atoms with Crippen LogP contribution in [0.5, 0.6) is 5.75 Å². The van der Waals surface area contributed by atoms with Crippen LogP contribution in [-0.2, 0) is 4.79 Å². The zero-order valence-corrected chi connectivity index (χ0v) is 15.8. The van der Waals surface area contributed by atoms with Crippen molar-refractivity contribution in [2.24, 2.45) is 0 Å². The Kier molecular flexibility index (Phi) is 5.72. The van der Waals surface area contributed by atoms with Gasteiger partial charge in [0.15, 0.2) is 0 Å². The summed E-state index contributed by atoms with van der Waals surface area (Å²) in [5, 5.41) is 3.06. The van der Waals surface area contributed by atoms with Gasteiger partial charge in [-0.25, -0.2) is 0 Å². The molecule has 0 aliphatic heterocycles. The highest BCUT2D eigenvalue weighted by Crippen LogP contribution is 2.24. The van der Waals surface area contributed by atoms with Crippen LogP contribution in [-0.4, -0.2) is 13.0 Å². The zero-order valence-electron chi connectivity index (χ0n) is 15.8. The van der Waals surface area contributed by atoms with E-state index in [1.165, 1.54) is 0 Å². The Balaban J connectivity index is 1.97. The van der Waals surface area contributed by atoms with Crippen LogP contribution in [0.2, 0.25) is 0 Å². The molecule has 0 radical (unpaired) electrons. The number of aryl methyl sites for hydroxylation is 1. The van der Waals surface area contributed by atoms with Crippen molar-refractivity contribution in [1.29, 1.82) is 0 Å². The van der Waals surface area contributed by atoms with Crippen molar-refractivity contribution in [3.05, 3.63) is 95.1 Å². The lowest BCUT2D eigenvalue weighted by Crippen LogP contribution is -2.14. The zero-order chi connectivity index (χ0) is 19.2. The van der Waals surface area contributed by atoms with E-state index in [4.69, 9.17) is 4.74 Å². The molecule has 3 aromatic rings. The number of carbonyl (C=O) groups is 1. The van der Waals surface area contributed by atoms with Crippen LogP contribution in [0.3, 0.4) is 0 Å². The van der Waals surface area contributed by atoms with Crippen molar-refractivity contribution in [2.45, 2.75) is 13.8 Å². The van der Waals surface area contributed by atoms with E-state index in [2.05, 4.69) is 5.32 Å². The van der Waals surface area contributed by atoms with E-state index >= 15 is 0 Å². The van der Waals surface area contributed by atoms with E-state index in [1.807, 2.05) is 92.7 Å². The fourth-order valence-electron chi connectivity index (χ4n) is 2.84. The first-order valence-corrected chi connectivity index (χ1v) is 8.87. The normalized spacial score (nSPS) is 11.1. The highest BCUT2D eigenvalue weighted by Gasteiger charge is 2.14. The first kappa shape index (κ1) is 18.5. The molecule has 0 aliphatic rings. The predicted molar refractivity (Wildman–Crippen MR) is 112 cm³/mol. The smallest absolute Gasteiger partial charge is 0.256 e. The van der Waals surface area contributed by atoms with Gasteiger partial charge in [-0.3, -0.25) is 4.79 Å². The molecule has 136 valence electrons. The maximum atomic E-state index is 13.1. The highest BCUT2D eigenvalue weighted by molar-refractivity contribution is 6.29. The first-order chi connectivity index (χ1) is 13.1. The number of rotatable bonds is 5. The minimum atomic E-state index is -0.134. The molecule has 0 fully saturated rings. The summed E-state index contributed by atoms with van der Waals surface area (Å²) in [4.78, 5) is 13.1. The molecule has 0 atom stereocenters. The number of ether oxygens (including phenoxy) is 1. The number of amides is 1. The summed E-state index contributed by atoms with van der Waals surface area (Å²) in [7, 11) is 1.64. The number of methoxy groups -OCH3 is 1. The second-order valence-corrected chi connectivity index (χ2v) is 6.40. The SMILES string of the molecule is COc1ccc(C=C(C(=O)Nc2cccc(C)c2C)c2ccccc2)cc1. The molecule has 0 heterocycles. The quantitative estimate of drug-likeness (QED) is 0.484. The highest BCUT2D eigenvalue weighted by atomic mass is 16.5. The number of hydrogen-bond donors (Lipinski definition) is 1. The van der Waals surface area contributed by atoms with Crippen molar-refractivity contribution < 1.29 is 9.53 Å². The molecule has 1 N–H and O–H groups in total. The Morgan fingerprint density at radius 1 is 0.889 bits per heavy atom. The van der Waals surface area contributed by atoms with Crippen LogP contribution >= 0.6 is 0 Å². The molecule has 3 heteroatoms. The minimum absolute atomic E-state index is 0.134. The summed E-state index contributed by atoms with van der Waals surface area (Å²) < 4.78 is 5.21. The largest absolute Gasteiger partial charge is 0.497 e. The maximum absolute atomic E-state index is 13.1. The van der Waals surface area contributed by atoms with Crippen LogP contribution in [0.25, 0.3) is 11.6 Å². The molecule has 0 aromatic heterocycles. The fourth-order valence-corrected chi connectivity index (χ4v) is 2.84. The maximum Gasteiger partial charge on any atom is 0.256 e. The average molecular weight is 357 g/mol.